The quantitative estimate of drug-likeness (QED) is 0.302. The molecule has 12 heteroatoms. The number of nitrogens with one attached hydrogen (secondary N) is 3. The van der Waals surface area contributed by atoms with Crippen LogP contribution in [0.1, 0.15) is 6.42 Å². The zero-order chi connectivity index (χ0) is 23.1. The van der Waals surface area contributed by atoms with Crippen LogP contribution in [0.25, 0.3) is 0 Å². The van der Waals surface area contributed by atoms with Gasteiger partial charge in [0.2, 0.25) is 11.8 Å². The Kier molecular flexibility index (Phi) is 6.95. The van der Waals surface area contributed by atoms with Crippen molar-refractivity contribution in [3.05, 3.63) is 58.6 Å². The average Bonchev–Trinajstić information content (AvgIpc) is 3.09. The fraction of sp³-hybridized carbons (Fsp3) is 0.200. The van der Waals surface area contributed by atoms with E-state index in [2.05, 4.69) is 16.0 Å². The molecular formula is C20H19N5O7. The van der Waals surface area contributed by atoms with Gasteiger partial charge < -0.3 is 20.7 Å². The van der Waals surface area contributed by atoms with Crippen LogP contribution >= 0.6 is 0 Å². The van der Waals surface area contributed by atoms with E-state index in [0.717, 1.165) is 4.90 Å². The number of nitro groups is 1. The zero-order valence-corrected chi connectivity index (χ0v) is 16.7. The monoisotopic (exact) mass is 441 g/mol. The summed E-state index contributed by atoms with van der Waals surface area (Å²) in [6, 6.07) is 11.2. The van der Waals surface area contributed by atoms with Crippen LogP contribution in [-0.2, 0) is 14.4 Å². The fourth-order valence-electron chi connectivity index (χ4n) is 2.77. The first-order chi connectivity index (χ1) is 15.3. The van der Waals surface area contributed by atoms with E-state index < -0.39 is 16.9 Å². The number of non-ortho nitro benzene ring substituents is 1. The Labute approximate surface area is 181 Å². The Balaban J connectivity index is 1.42. The summed E-state index contributed by atoms with van der Waals surface area (Å²) in [7, 11) is 0. The Morgan fingerprint density at radius 3 is 2.12 bits per heavy atom. The number of carbonyl (C=O) groups excluding carboxylic acids is 4. The van der Waals surface area contributed by atoms with Crippen molar-refractivity contribution in [3.63, 3.8) is 0 Å². The molecule has 0 aromatic heterocycles. The number of hydrogen-bond donors (Lipinski definition) is 3. The van der Waals surface area contributed by atoms with Crippen molar-refractivity contribution < 1.29 is 28.8 Å². The maximum atomic E-state index is 12.0. The molecule has 166 valence electrons. The van der Waals surface area contributed by atoms with Crippen LogP contribution < -0.4 is 20.7 Å². The van der Waals surface area contributed by atoms with Gasteiger partial charge in [-0.25, -0.2) is 4.79 Å². The Morgan fingerprint density at radius 1 is 1.00 bits per heavy atom. The van der Waals surface area contributed by atoms with Gasteiger partial charge in [0.15, 0.2) is 6.61 Å². The summed E-state index contributed by atoms with van der Waals surface area (Å²) >= 11 is 0. The molecule has 0 bridgehead atoms. The molecule has 0 atom stereocenters. The van der Waals surface area contributed by atoms with Crippen molar-refractivity contribution >= 4 is 40.8 Å². The Bertz CT molecular complexity index is 1020. The summed E-state index contributed by atoms with van der Waals surface area (Å²) in [5.41, 5.74) is 0.871. The molecule has 1 heterocycles. The first kappa shape index (κ1) is 22.2. The van der Waals surface area contributed by atoms with Crippen molar-refractivity contribution in [1.82, 2.24) is 10.2 Å². The molecule has 1 fully saturated rings. The van der Waals surface area contributed by atoms with E-state index in [1.165, 1.54) is 24.3 Å². The molecule has 2 aromatic carbocycles. The predicted molar refractivity (Wildman–Crippen MR) is 112 cm³/mol. The van der Waals surface area contributed by atoms with Gasteiger partial charge in [0, 0.05) is 36.5 Å². The van der Waals surface area contributed by atoms with Crippen LogP contribution in [0, 0.1) is 10.1 Å². The molecule has 5 amide bonds. The minimum absolute atomic E-state index is 0.0145. The predicted octanol–water partition coefficient (Wildman–Crippen LogP) is 1.49. The fourth-order valence-corrected chi connectivity index (χ4v) is 2.77. The molecule has 0 aliphatic carbocycles. The number of amides is 5. The number of imide groups is 1. The van der Waals surface area contributed by atoms with E-state index >= 15 is 0 Å². The second-order valence-electron chi connectivity index (χ2n) is 6.67. The maximum Gasteiger partial charge on any atom is 0.324 e. The minimum Gasteiger partial charge on any atom is -0.484 e. The van der Waals surface area contributed by atoms with E-state index in [-0.39, 0.29) is 43.6 Å². The van der Waals surface area contributed by atoms with Crippen LogP contribution in [-0.4, -0.2) is 53.3 Å². The minimum atomic E-state index is -0.532. The number of benzene rings is 2. The van der Waals surface area contributed by atoms with Crippen molar-refractivity contribution in [2.75, 3.05) is 30.3 Å². The molecule has 2 aromatic rings. The molecule has 3 rings (SSSR count). The number of hydrogen-bond acceptors (Lipinski definition) is 7. The molecular weight excluding hydrogens is 422 g/mol. The van der Waals surface area contributed by atoms with Crippen LogP contribution in [0.2, 0.25) is 0 Å². The van der Waals surface area contributed by atoms with Gasteiger partial charge >= 0.3 is 6.03 Å². The summed E-state index contributed by atoms with van der Waals surface area (Å²) < 4.78 is 5.29. The number of anilines is 2. The number of ether oxygens (including phenoxy) is 1. The van der Waals surface area contributed by atoms with Crippen LogP contribution in [0.4, 0.5) is 21.9 Å². The average molecular weight is 441 g/mol. The van der Waals surface area contributed by atoms with Crippen LogP contribution in [0.3, 0.4) is 0 Å². The van der Waals surface area contributed by atoms with Gasteiger partial charge in [-0.3, -0.25) is 29.4 Å². The van der Waals surface area contributed by atoms with Gasteiger partial charge in [-0.05, 0) is 36.4 Å². The summed E-state index contributed by atoms with van der Waals surface area (Å²) in [6.45, 7) is -0.370. The van der Waals surface area contributed by atoms with Gasteiger partial charge in [-0.15, -0.1) is 0 Å². The number of nitrogens with zero attached hydrogens (tertiary/aromatic N) is 2. The molecule has 0 spiro atoms. The van der Waals surface area contributed by atoms with E-state index in [1.807, 2.05) is 0 Å². The summed E-state index contributed by atoms with van der Waals surface area (Å²) in [5.74, 6) is -0.864. The summed E-state index contributed by atoms with van der Waals surface area (Å²) in [5, 5.41) is 18.3. The van der Waals surface area contributed by atoms with E-state index in [1.54, 1.807) is 24.3 Å². The first-order valence-electron chi connectivity index (χ1n) is 9.47. The molecule has 1 aliphatic rings. The second kappa shape index (κ2) is 10.0. The number of urea groups is 1. The summed E-state index contributed by atoms with van der Waals surface area (Å²) in [4.78, 5) is 58.0. The zero-order valence-electron chi connectivity index (χ0n) is 16.7. The van der Waals surface area contributed by atoms with Gasteiger partial charge in [0.05, 0.1) is 11.5 Å². The Morgan fingerprint density at radius 2 is 1.59 bits per heavy atom. The molecule has 1 aliphatic heterocycles. The Hall–Kier alpha value is -4.48. The number of rotatable bonds is 9. The largest absolute Gasteiger partial charge is 0.484 e. The van der Waals surface area contributed by atoms with E-state index in [0.29, 0.717) is 17.1 Å². The SMILES string of the molecule is O=C(CCN1C(=O)CNC1=O)Nc1ccc(NC(=O)COc2ccc([N+](=O)[O-])cc2)cc1. The van der Waals surface area contributed by atoms with Gasteiger partial charge in [0.25, 0.3) is 11.6 Å². The third kappa shape index (κ3) is 6.01. The smallest absolute Gasteiger partial charge is 0.324 e. The van der Waals surface area contributed by atoms with Gasteiger partial charge in [-0.2, -0.15) is 0 Å². The van der Waals surface area contributed by atoms with Crippen molar-refractivity contribution in [2.45, 2.75) is 6.42 Å². The molecule has 32 heavy (non-hydrogen) atoms. The lowest BCUT2D eigenvalue weighted by atomic mass is 10.2. The molecule has 1 saturated heterocycles. The third-order valence-corrected chi connectivity index (χ3v) is 4.37. The highest BCUT2D eigenvalue weighted by Gasteiger charge is 2.28. The lowest BCUT2D eigenvalue weighted by Crippen LogP contribution is -2.33. The highest BCUT2D eigenvalue weighted by molar-refractivity contribution is 6.02. The second-order valence-corrected chi connectivity index (χ2v) is 6.67. The topological polar surface area (TPSA) is 160 Å². The number of carbonyl (C=O) groups is 4. The molecule has 3 N–H and O–H groups in total. The lowest BCUT2D eigenvalue weighted by molar-refractivity contribution is -0.384. The molecule has 0 saturated carbocycles. The normalized spacial score (nSPS) is 12.8. The molecule has 0 radical (unpaired) electrons. The van der Waals surface area contributed by atoms with E-state index in [4.69, 9.17) is 4.74 Å². The third-order valence-electron chi connectivity index (χ3n) is 4.37. The maximum absolute atomic E-state index is 12.0. The first-order valence-corrected chi connectivity index (χ1v) is 9.47. The van der Waals surface area contributed by atoms with Gasteiger partial charge in [-0.1, -0.05) is 0 Å². The highest BCUT2D eigenvalue weighted by Crippen LogP contribution is 2.18. The van der Waals surface area contributed by atoms with Crippen molar-refractivity contribution in [1.29, 1.82) is 0 Å². The summed E-state index contributed by atoms with van der Waals surface area (Å²) in [6.07, 6.45) is -0.0440. The molecule has 12 nitrogen and oxygen atoms in total. The van der Waals surface area contributed by atoms with Crippen molar-refractivity contribution in [2.24, 2.45) is 0 Å². The standard InChI is InChI=1S/C20H19N5O7/c26-17(9-10-24-19(28)11-21-20(24)29)22-13-1-3-14(4-2-13)23-18(27)12-32-16-7-5-15(6-8-16)25(30)31/h1-8H,9-12H2,(H,21,29)(H,22,26)(H,23,27). The van der Waals surface area contributed by atoms with Gasteiger partial charge in [0.1, 0.15) is 5.75 Å². The van der Waals surface area contributed by atoms with Crippen LogP contribution in [0.5, 0.6) is 5.75 Å². The van der Waals surface area contributed by atoms with E-state index in [9.17, 15) is 29.3 Å². The van der Waals surface area contributed by atoms with Crippen LogP contribution in [0.15, 0.2) is 48.5 Å². The lowest BCUT2D eigenvalue weighted by Gasteiger charge is -2.12. The number of nitro benzene ring substituents is 1. The molecule has 0 unspecified atom stereocenters. The van der Waals surface area contributed by atoms with Crippen molar-refractivity contribution in [3.8, 4) is 5.75 Å². The highest BCUT2D eigenvalue weighted by atomic mass is 16.6.